The number of hydrogen-bond acceptors (Lipinski definition) is 2. The highest BCUT2D eigenvalue weighted by Crippen LogP contribution is 2.18. The summed E-state index contributed by atoms with van der Waals surface area (Å²) in [5.74, 6) is 1.70. The molecule has 0 amide bonds. The summed E-state index contributed by atoms with van der Waals surface area (Å²) in [6.45, 7) is 6.91. The van der Waals surface area contributed by atoms with Crippen molar-refractivity contribution < 1.29 is 0 Å². The maximum atomic E-state index is 4.62. The zero-order valence-corrected chi connectivity index (χ0v) is 20.5. The second kappa shape index (κ2) is 16.0. The fourth-order valence-corrected chi connectivity index (χ4v) is 4.15. The first-order chi connectivity index (χ1) is 15.2. The van der Waals surface area contributed by atoms with E-state index in [0.717, 1.165) is 23.7 Å². The number of unbranched alkanes of at least 4 members (excludes halogenated alkanes) is 10. The third kappa shape index (κ3) is 11.5. The molecule has 1 aromatic carbocycles. The van der Waals surface area contributed by atoms with Crippen LogP contribution in [0, 0.1) is 5.92 Å². The Balaban J connectivity index is 1.64. The van der Waals surface area contributed by atoms with E-state index in [0.29, 0.717) is 0 Å². The van der Waals surface area contributed by atoms with Gasteiger partial charge in [-0.05, 0) is 42.7 Å². The summed E-state index contributed by atoms with van der Waals surface area (Å²) in [5.41, 5.74) is 3.82. The molecule has 0 saturated carbocycles. The van der Waals surface area contributed by atoms with Gasteiger partial charge in [-0.25, -0.2) is 9.97 Å². The van der Waals surface area contributed by atoms with E-state index in [1.807, 2.05) is 12.4 Å². The van der Waals surface area contributed by atoms with Gasteiger partial charge in [0.15, 0.2) is 5.82 Å². The van der Waals surface area contributed by atoms with Crippen LogP contribution < -0.4 is 0 Å². The topological polar surface area (TPSA) is 25.8 Å². The largest absolute Gasteiger partial charge is 0.236 e. The molecule has 0 fully saturated rings. The molecule has 172 valence electrons. The molecule has 0 N–H and O–H groups in total. The van der Waals surface area contributed by atoms with Gasteiger partial charge in [0.05, 0.1) is 0 Å². The van der Waals surface area contributed by atoms with E-state index in [1.165, 1.54) is 101 Å². The lowest BCUT2D eigenvalue weighted by Gasteiger charge is -2.06. The highest BCUT2D eigenvalue weighted by molar-refractivity contribution is 5.55. The average Bonchev–Trinajstić information content (AvgIpc) is 2.78. The Morgan fingerprint density at radius 2 is 1.13 bits per heavy atom. The molecule has 2 aromatic rings. The van der Waals surface area contributed by atoms with Crippen LogP contribution in [0.3, 0.4) is 0 Å². The van der Waals surface area contributed by atoms with Gasteiger partial charge >= 0.3 is 0 Å². The first-order valence-electron chi connectivity index (χ1n) is 13.1. The second-order valence-corrected chi connectivity index (χ2v) is 9.68. The van der Waals surface area contributed by atoms with Crippen molar-refractivity contribution in [3.8, 4) is 11.4 Å². The molecule has 0 bridgehead atoms. The summed E-state index contributed by atoms with van der Waals surface area (Å²) in [6.07, 6.45) is 23.9. The van der Waals surface area contributed by atoms with Crippen LogP contribution in [0.1, 0.15) is 115 Å². The Bertz CT molecular complexity index is 673. The summed E-state index contributed by atoms with van der Waals surface area (Å²) >= 11 is 0. The van der Waals surface area contributed by atoms with Gasteiger partial charge in [-0.2, -0.15) is 0 Å². The second-order valence-electron chi connectivity index (χ2n) is 9.68. The third-order valence-corrected chi connectivity index (χ3v) is 6.23. The molecular formula is C29H46N2. The van der Waals surface area contributed by atoms with E-state index in [-0.39, 0.29) is 0 Å². The standard InChI is InChI=1S/C29H46N2/c1-4-5-6-7-8-11-15-18-27-23-30-29(31-24-27)28-21-19-26(20-22-28)17-14-12-9-10-13-16-25(2)3/h19-25H,4-18H2,1-3H3. The Kier molecular flexibility index (Phi) is 13.2. The van der Waals surface area contributed by atoms with Crippen molar-refractivity contribution in [1.82, 2.24) is 9.97 Å². The summed E-state index contributed by atoms with van der Waals surface area (Å²) in [7, 11) is 0. The lowest BCUT2D eigenvalue weighted by molar-refractivity contribution is 0.515. The van der Waals surface area contributed by atoms with E-state index in [4.69, 9.17) is 0 Å². The van der Waals surface area contributed by atoms with Crippen LogP contribution in [0.4, 0.5) is 0 Å². The molecular weight excluding hydrogens is 376 g/mol. The molecule has 1 aromatic heterocycles. The van der Waals surface area contributed by atoms with Crippen molar-refractivity contribution in [2.45, 2.75) is 117 Å². The number of hydrogen-bond donors (Lipinski definition) is 0. The highest BCUT2D eigenvalue weighted by Gasteiger charge is 2.03. The number of benzene rings is 1. The first kappa shape index (κ1) is 25.6. The van der Waals surface area contributed by atoms with Gasteiger partial charge in [0.2, 0.25) is 0 Å². The number of nitrogens with zero attached hydrogens (tertiary/aromatic N) is 2. The maximum absolute atomic E-state index is 4.62. The van der Waals surface area contributed by atoms with Gasteiger partial charge in [-0.1, -0.05) is 116 Å². The van der Waals surface area contributed by atoms with Crippen molar-refractivity contribution >= 4 is 0 Å². The van der Waals surface area contributed by atoms with Crippen molar-refractivity contribution in [2.75, 3.05) is 0 Å². The predicted octanol–water partition coefficient (Wildman–Crippen LogP) is 8.98. The van der Waals surface area contributed by atoms with Crippen LogP contribution >= 0.6 is 0 Å². The SMILES string of the molecule is CCCCCCCCCc1cnc(-c2ccc(CCCCCCCC(C)C)cc2)nc1. The summed E-state index contributed by atoms with van der Waals surface area (Å²) in [4.78, 5) is 9.25. The van der Waals surface area contributed by atoms with Crippen LogP contribution in [-0.2, 0) is 12.8 Å². The first-order valence-corrected chi connectivity index (χ1v) is 13.1. The van der Waals surface area contributed by atoms with Crippen LogP contribution in [0.25, 0.3) is 11.4 Å². The molecule has 0 aliphatic rings. The lowest BCUT2D eigenvalue weighted by atomic mass is 10.0. The minimum atomic E-state index is 0.847. The van der Waals surface area contributed by atoms with Gasteiger partial charge < -0.3 is 0 Å². The van der Waals surface area contributed by atoms with Crippen LogP contribution in [0.15, 0.2) is 36.7 Å². The monoisotopic (exact) mass is 422 g/mol. The molecule has 0 saturated heterocycles. The molecule has 0 aliphatic carbocycles. The summed E-state index contributed by atoms with van der Waals surface area (Å²) in [5, 5.41) is 0. The van der Waals surface area contributed by atoms with E-state index < -0.39 is 0 Å². The molecule has 0 atom stereocenters. The van der Waals surface area contributed by atoms with Gasteiger partial charge in [0.25, 0.3) is 0 Å². The maximum Gasteiger partial charge on any atom is 0.159 e. The number of rotatable bonds is 17. The van der Waals surface area contributed by atoms with E-state index in [9.17, 15) is 0 Å². The quantitative estimate of drug-likeness (QED) is 0.238. The van der Waals surface area contributed by atoms with E-state index >= 15 is 0 Å². The van der Waals surface area contributed by atoms with E-state index in [2.05, 4.69) is 55.0 Å². The molecule has 31 heavy (non-hydrogen) atoms. The molecule has 2 rings (SSSR count). The highest BCUT2D eigenvalue weighted by atomic mass is 14.9. The Morgan fingerprint density at radius 1 is 0.613 bits per heavy atom. The number of aromatic nitrogens is 2. The fraction of sp³-hybridized carbons (Fsp3) is 0.655. The average molecular weight is 423 g/mol. The van der Waals surface area contributed by atoms with E-state index in [1.54, 1.807) is 0 Å². The lowest BCUT2D eigenvalue weighted by Crippen LogP contribution is -1.94. The van der Waals surface area contributed by atoms with Crippen LogP contribution in [-0.4, -0.2) is 9.97 Å². The summed E-state index contributed by atoms with van der Waals surface area (Å²) in [6, 6.07) is 8.88. The van der Waals surface area contributed by atoms with Gasteiger partial charge in [0, 0.05) is 18.0 Å². The van der Waals surface area contributed by atoms with Crippen molar-refractivity contribution in [2.24, 2.45) is 5.92 Å². The number of aryl methyl sites for hydroxylation is 2. The smallest absolute Gasteiger partial charge is 0.159 e. The molecule has 2 nitrogen and oxygen atoms in total. The van der Waals surface area contributed by atoms with Gasteiger partial charge in [0.1, 0.15) is 0 Å². The zero-order chi connectivity index (χ0) is 22.2. The predicted molar refractivity (Wildman–Crippen MR) is 135 cm³/mol. The minimum absolute atomic E-state index is 0.847. The van der Waals surface area contributed by atoms with Crippen LogP contribution in [0.2, 0.25) is 0 Å². The van der Waals surface area contributed by atoms with Crippen molar-refractivity contribution in [3.05, 3.63) is 47.8 Å². The molecule has 0 spiro atoms. The third-order valence-electron chi connectivity index (χ3n) is 6.23. The molecule has 1 heterocycles. The molecule has 0 aliphatic heterocycles. The minimum Gasteiger partial charge on any atom is -0.236 e. The summed E-state index contributed by atoms with van der Waals surface area (Å²) < 4.78 is 0. The fourth-order valence-electron chi connectivity index (χ4n) is 4.15. The van der Waals surface area contributed by atoms with Crippen LogP contribution in [0.5, 0.6) is 0 Å². The molecule has 2 heteroatoms. The van der Waals surface area contributed by atoms with Crippen molar-refractivity contribution in [3.63, 3.8) is 0 Å². The normalized spacial score (nSPS) is 11.4. The molecule has 0 unspecified atom stereocenters. The van der Waals surface area contributed by atoms with Gasteiger partial charge in [-0.15, -0.1) is 0 Å². The van der Waals surface area contributed by atoms with Crippen molar-refractivity contribution in [1.29, 1.82) is 0 Å². The van der Waals surface area contributed by atoms with Gasteiger partial charge in [-0.3, -0.25) is 0 Å². The Labute approximate surface area is 192 Å². The molecule has 0 radical (unpaired) electrons. The Morgan fingerprint density at radius 3 is 1.71 bits per heavy atom. The Hall–Kier alpha value is -1.70. The zero-order valence-electron chi connectivity index (χ0n) is 20.5.